The van der Waals surface area contributed by atoms with E-state index >= 15 is 0 Å². The Labute approximate surface area is 172 Å². The number of aromatic nitrogens is 3. The number of hydrogen-bond acceptors (Lipinski definition) is 4. The Morgan fingerprint density at radius 3 is 2.20 bits per heavy atom. The molecule has 0 atom stereocenters. The summed E-state index contributed by atoms with van der Waals surface area (Å²) < 4.78 is 67.0. The van der Waals surface area contributed by atoms with Crippen LogP contribution in [0.25, 0.3) is 5.69 Å². The largest absolute Gasteiger partial charge is 0.435 e. The Bertz CT molecular complexity index is 1000. The molecule has 1 amide bonds. The number of amides is 1. The zero-order valence-corrected chi connectivity index (χ0v) is 16.1. The van der Waals surface area contributed by atoms with Crippen molar-refractivity contribution in [3.05, 3.63) is 71.6 Å². The van der Waals surface area contributed by atoms with Crippen molar-refractivity contribution >= 4 is 17.7 Å². The van der Waals surface area contributed by atoms with Crippen LogP contribution in [-0.2, 0) is 6.18 Å². The second-order valence-electron chi connectivity index (χ2n) is 6.08. The maximum Gasteiger partial charge on any atom is 0.435 e. The van der Waals surface area contributed by atoms with E-state index in [9.17, 15) is 26.7 Å². The van der Waals surface area contributed by atoms with Gasteiger partial charge in [0.15, 0.2) is 11.4 Å². The van der Waals surface area contributed by atoms with E-state index in [-0.39, 0.29) is 18.0 Å². The third kappa shape index (κ3) is 5.35. The number of benzene rings is 2. The van der Waals surface area contributed by atoms with E-state index in [1.807, 2.05) is 0 Å². The lowest BCUT2D eigenvalue weighted by Crippen LogP contribution is -2.28. The summed E-state index contributed by atoms with van der Waals surface area (Å²) in [6.07, 6.45) is -4.43. The van der Waals surface area contributed by atoms with Crippen LogP contribution in [0.2, 0.25) is 0 Å². The first kappa shape index (κ1) is 21.8. The van der Waals surface area contributed by atoms with E-state index in [4.69, 9.17) is 0 Å². The zero-order chi connectivity index (χ0) is 21.7. The van der Waals surface area contributed by atoms with Gasteiger partial charge < -0.3 is 5.32 Å². The molecule has 0 saturated carbocycles. The highest BCUT2D eigenvalue weighted by molar-refractivity contribution is 7.99. The fraction of sp³-hybridized carbons (Fsp3) is 0.211. The number of carbonyl (C=O) groups is 1. The molecule has 11 heteroatoms. The Morgan fingerprint density at radius 2 is 1.60 bits per heavy atom. The highest BCUT2D eigenvalue weighted by Gasteiger charge is 2.41. The van der Waals surface area contributed by atoms with E-state index in [1.165, 1.54) is 23.9 Å². The van der Waals surface area contributed by atoms with Crippen LogP contribution < -0.4 is 5.32 Å². The third-order valence-corrected chi connectivity index (χ3v) is 5.01. The standard InChI is InChI=1S/C19H15F5N4OS/c20-12-2-6-14(7-3-12)28-17(19(22,23)24)16(26-27-28)18(29)25-10-1-11-30-15-8-4-13(21)5-9-15/h2-9H,1,10-11H2,(H,25,29). The molecule has 0 saturated heterocycles. The third-order valence-electron chi connectivity index (χ3n) is 3.91. The second-order valence-corrected chi connectivity index (χ2v) is 7.25. The van der Waals surface area contributed by atoms with Crippen molar-refractivity contribution in [3.8, 4) is 5.69 Å². The van der Waals surface area contributed by atoms with Crippen LogP contribution >= 0.6 is 11.8 Å². The summed E-state index contributed by atoms with van der Waals surface area (Å²) in [4.78, 5) is 13.1. The highest BCUT2D eigenvalue weighted by Crippen LogP contribution is 2.32. The lowest BCUT2D eigenvalue weighted by Gasteiger charge is -2.11. The summed E-state index contributed by atoms with van der Waals surface area (Å²) in [5, 5.41) is 9.20. The highest BCUT2D eigenvalue weighted by atomic mass is 32.2. The van der Waals surface area contributed by atoms with Crippen LogP contribution in [-0.4, -0.2) is 33.2 Å². The lowest BCUT2D eigenvalue weighted by atomic mass is 10.2. The molecular weight excluding hydrogens is 427 g/mol. The van der Waals surface area contributed by atoms with Gasteiger partial charge in [0.1, 0.15) is 11.6 Å². The van der Waals surface area contributed by atoms with E-state index in [0.29, 0.717) is 16.9 Å². The van der Waals surface area contributed by atoms with Crippen molar-refractivity contribution in [2.24, 2.45) is 0 Å². The molecule has 0 aliphatic rings. The molecule has 0 aliphatic heterocycles. The molecule has 0 aliphatic carbocycles. The van der Waals surface area contributed by atoms with Crippen LogP contribution in [0.15, 0.2) is 53.4 Å². The number of hydrogen-bond donors (Lipinski definition) is 1. The quantitative estimate of drug-likeness (QED) is 0.333. The van der Waals surface area contributed by atoms with Gasteiger partial charge in [-0.15, -0.1) is 16.9 Å². The summed E-state index contributed by atoms with van der Waals surface area (Å²) in [7, 11) is 0. The average molecular weight is 442 g/mol. The summed E-state index contributed by atoms with van der Waals surface area (Å²) >= 11 is 1.43. The zero-order valence-electron chi connectivity index (χ0n) is 15.3. The predicted molar refractivity (Wildman–Crippen MR) is 100 cm³/mol. The molecule has 2 aromatic carbocycles. The number of nitrogens with one attached hydrogen (secondary N) is 1. The molecular formula is C19H15F5N4OS. The van der Waals surface area contributed by atoms with E-state index in [0.717, 1.165) is 29.2 Å². The minimum atomic E-state index is -4.90. The first-order chi connectivity index (χ1) is 14.3. The fourth-order valence-electron chi connectivity index (χ4n) is 2.53. The summed E-state index contributed by atoms with van der Waals surface area (Å²) in [6.45, 7) is 0.119. The van der Waals surface area contributed by atoms with E-state index < -0.39 is 29.3 Å². The predicted octanol–water partition coefficient (Wildman–Crippen LogP) is 4.48. The number of rotatable bonds is 7. The smallest absolute Gasteiger partial charge is 0.351 e. The minimum absolute atomic E-state index is 0.0778. The fourth-order valence-corrected chi connectivity index (χ4v) is 3.38. The maximum absolute atomic E-state index is 13.5. The first-order valence-corrected chi connectivity index (χ1v) is 9.69. The minimum Gasteiger partial charge on any atom is -0.351 e. The molecule has 0 fully saturated rings. The van der Waals surface area contributed by atoms with Gasteiger partial charge in [-0.05, 0) is 60.7 Å². The van der Waals surface area contributed by atoms with Gasteiger partial charge in [0, 0.05) is 11.4 Å². The van der Waals surface area contributed by atoms with Crippen molar-refractivity contribution in [1.29, 1.82) is 0 Å². The number of thioether (sulfide) groups is 1. The molecule has 0 bridgehead atoms. The summed E-state index contributed by atoms with van der Waals surface area (Å²) in [5.74, 6) is -1.41. The monoisotopic (exact) mass is 442 g/mol. The van der Waals surface area contributed by atoms with Crippen LogP contribution in [0.5, 0.6) is 0 Å². The normalized spacial score (nSPS) is 11.5. The molecule has 3 aromatic rings. The van der Waals surface area contributed by atoms with Crippen molar-refractivity contribution in [1.82, 2.24) is 20.3 Å². The molecule has 0 unspecified atom stereocenters. The van der Waals surface area contributed by atoms with Gasteiger partial charge in [-0.1, -0.05) is 5.21 Å². The molecule has 0 radical (unpaired) electrons. The van der Waals surface area contributed by atoms with Gasteiger partial charge in [0.25, 0.3) is 5.91 Å². The summed E-state index contributed by atoms with van der Waals surface area (Å²) in [6, 6.07) is 10.1. The topological polar surface area (TPSA) is 59.8 Å². The van der Waals surface area contributed by atoms with Crippen LogP contribution in [0.4, 0.5) is 22.0 Å². The van der Waals surface area contributed by atoms with Gasteiger partial charge in [-0.25, -0.2) is 13.5 Å². The molecule has 5 nitrogen and oxygen atoms in total. The Hall–Kier alpha value is -2.95. The Balaban J connectivity index is 1.64. The second kappa shape index (κ2) is 9.24. The maximum atomic E-state index is 13.5. The van der Waals surface area contributed by atoms with Crippen LogP contribution in [0, 0.1) is 11.6 Å². The van der Waals surface area contributed by atoms with Crippen LogP contribution in [0.3, 0.4) is 0 Å². The number of halogens is 5. The van der Waals surface area contributed by atoms with Crippen molar-refractivity contribution in [3.63, 3.8) is 0 Å². The molecule has 158 valence electrons. The van der Waals surface area contributed by atoms with Crippen molar-refractivity contribution in [2.75, 3.05) is 12.3 Å². The lowest BCUT2D eigenvalue weighted by molar-refractivity contribution is -0.143. The number of alkyl halides is 3. The van der Waals surface area contributed by atoms with Gasteiger partial charge in [-0.2, -0.15) is 13.2 Å². The van der Waals surface area contributed by atoms with Gasteiger partial charge in [0.2, 0.25) is 0 Å². The SMILES string of the molecule is O=C(NCCCSc1ccc(F)cc1)c1nnn(-c2ccc(F)cc2)c1C(F)(F)F. The Morgan fingerprint density at radius 1 is 1.00 bits per heavy atom. The molecule has 1 N–H and O–H groups in total. The molecule has 1 heterocycles. The number of carbonyl (C=O) groups excluding carboxylic acids is 1. The van der Waals surface area contributed by atoms with E-state index in [2.05, 4.69) is 15.6 Å². The van der Waals surface area contributed by atoms with Crippen molar-refractivity contribution < 1.29 is 26.7 Å². The molecule has 30 heavy (non-hydrogen) atoms. The van der Waals surface area contributed by atoms with Crippen LogP contribution in [0.1, 0.15) is 22.6 Å². The average Bonchev–Trinajstić information content (AvgIpc) is 3.15. The van der Waals surface area contributed by atoms with Gasteiger partial charge in [-0.3, -0.25) is 4.79 Å². The van der Waals surface area contributed by atoms with Gasteiger partial charge in [0.05, 0.1) is 5.69 Å². The van der Waals surface area contributed by atoms with E-state index in [1.54, 1.807) is 12.1 Å². The van der Waals surface area contributed by atoms with Gasteiger partial charge >= 0.3 is 6.18 Å². The number of nitrogens with zero attached hydrogens (tertiary/aromatic N) is 3. The molecule has 3 rings (SSSR count). The van der Waals surface area contributed by atoms with Crippen molar-refractivity contribution in [2.45, 2.75) is 17.5 Å². The first-order valence-electron chi connectivity index (χ1n) is 8.71. The molecule has 0 spiro atoms. The Kier molecular flexibility index (Phi) is 6.70. The molecule has 1 aromatic heterocycles. The summed E-state index contributed by atoms with van der Waals surface area (Å²) in [5.41, 5.74) is -2.28.